The molecule has 0 saturated carbocycles. The van der Waals surface area contributed by atoms with E-state index in [1.807, 2.05) is 44.2 Å². The van der Waals surface area contributed by atoms with Gasteiger partial charge in [0, 0.05) is 23.7 Å². The van der Waals surface area contributed by atoms with E-state index in [9.17, 15) is 9.59 Å². The second-order valence-electron chi connectivity index (χ2n) is 6.37. The van der Waals surface area contributed by atoms with Gasteiger partial charge in [-0.1, -0.05) is 41.9 Å². The molecule has 0 aliphatic rings. The largest absolute Gasteiger partial charge is 0.351 e. The summed E-state index contributed by atoms with van der Waals surface area (Å²) in [5.74, 6) is 1.18. The van der Waals surface area contributed by atoms with Crippen LogP contribution in [-0.4, -0.2) is 23.3 Å². The molecule has 0 radical (unpaired) electrons. The van der Waals surface area contributed by atoms with Crippen LogP contribution < -0.4 is 10.6 Å². The fraction of sp³-hybridized carbons (Fsp3) is 0.333. The maximum absolute atomic E-state index is 12.1. The van der Waals surface area contributed by atoms with Crippen LogP contribution in [0.15, 0.2) is 42.5 Å². The number of amides is 2. The molecule has 0 bridgehead atoms. The molecular weight excluding hydrogens is 380 g/mol. The van der Waals surface area contributed by atoms with Crippen molar-refractivity contribution in [3.05, 3.63) is 64.2 Å². The number of thioether (sulfide) groups is 1. The highest BCUT2D eigenvalue weighted by molar-refractivity contribution is 7.99. The molecule has 0 aliphatic heterocycles. The summed E-state index contributed by atoms with van der Waals surface area (Å²) in [5.41, 5.74) is 4.04. The third-order valence-electron chi connectivity index (χ3n) is 4.07. The number of hydrogen-bond donors (Lipinski definition) is 2. The Morgan fingerprint density at radius 2 is 1.67 bits per heavy atom. The van der Waals surface area contributed by atoms with Gasteiger partial charge in [0.2, 0.25) is 11.8 Å². The number of nitrogens with one attached hydrogen (secondary N) is 2. The van der Waals surface area contributed by atoms with Crippen molar-refractivity contribution in [3.63, 3.8) is 0 Å². The molecule has 2 aromatic rings. The molecule has 2 aromatic carbocycles. The summed E-state index contributed by atoms with van der Waals surface area (Å²) in [6.07, 6.45) is 1.19. The van der Waals surface area contributed by atoms with Crippen molar-refractivity contribution in [1.82, 2.24) is 5.32 Å². The van der Waals surface area contributed by atoms with Crippen LogP contribution in [-0.2, 0) is 16.1 Å². The highest BCUT2D eigenvalue weighted by atomic mass is 35.5. The average Bonchev–Trinajstić information content (AvgIpc) is 2.64. The molecule has 0 aliphatic carbocycles. The van der Waals surface area contributed by atoms with Crippen LogP contribution >= 0.6 is 23.4 Å². The van der Waals surface area contributed by atoms with Crippen molar-refractivity contribution in [2.45, 2.75) is 33.2 Å². The molecule has 27 heavy (non-hydrogen) atoms. The Balaban J connectivity index is 1.59. The minimum absolute atomic E-state index is 0.00469. The molecule has 0 heterocycles. The van der Waals surface area contributed by atoms with Gasteiger partial charge in [-0.15, -0.1) is 0 Å². The van der Waals surface area contributed by atoms with Gasteiger partial charge in [0.15, 0.2) is 0 Å². The fourth-order valence-corrected chi connectivity index (χ4v) is 3.47. The highest BCUT2D eigenvalue weighted by Gasteiger charge is 2.07. The Bertz CT molecular complexity index is 758. The second-order valence-corrected chi connectivity index (χ2v) is 7.92. The molecule has 0 aromatic heterocycles. The SMILES string of the molecule is Cc1cccc(C)c1NC(=O)CCCSCC(=O)NCc1ccc(Cl)cc1. The van der Waals surface area contributed by atoms with Crippen LogP contribution in [0.4, 0.5) is 5.69 Å². The predicted molar refractivity (Wildman–Crippen MR) is 114 cm³/mol. The van der Waals surface area contributed by atoms with Crippen molar-refractivity contribution in [3.8, 4) is 0 Å². The predicted octanol–water partition coefficient (Wildman–Crippen LogP) is 4.73. The van der Waals surface area contributed by atoms with Crippen LogP contribution in [0.25, 0.3) is 0 Å². The van der Waals surface area contributed by atoms with Gasteiger partial charge in [0.25, 0.3) is 0 Å². The van der Waals surface area contributed by atoms with E-state index in [1.165, 1.54) is 0 Å². The Labute approximate surface area is 170 Å². The second kappa shape index (κ2) is 11.0. The monoisotopic (exact) mass is 404 g/mol. The van der Waals surface area contributed by atoms with Crippen LogP contribution in [0.3, 0.4) is 0 Å². The maximum atomic E-state index is 12.1. The topological polar surface area (TPSA) is 58.2 Å². The summed E-state index contributed by atoms with van der Waals surface area (Å²) in [4.78, 5) is 23.9. The lowest BCUT2D eigenvalue weighted by molar-refractivity contribution is -0.118. The van der Waals surface area contributed by atoms with Gasteiger partial charge in [-0.3, -0.25) is 9.59 Å². The van der Waals surface area contributed by atoms with E-state index in [4.69, 9.17) is 11.6 Å². The van der Waals surface area contributed by atoms with E-state index < -0.39 is 0 Å². The Kier molecular flexibility index (Phi) is 8.69. The lowest BCUT2D eigenvalue weighted by Crippen LogP contribution is -2.24. The van der Waals surface area contributed by atoms with Crippen molar-refractivity contribution >= 4 is 40.9 Å². The number of hydrogen-bond acceptors (Lipinski definition) is 3. The molecule has 0 saturated heterocycles. The number of carbonyl (C=O) groups excluding carboxylic acids is 2. The molecule has 0 unspecified atom stereocenters. The lowest BCUT2D eigenvalue weighted by atomic mass is 10.1. The van der Waals surface area contributed by atoms with E-state index in [1.54, 1.807) is 23.9 Å². The molecule has 4 nitrogen and oxygen atoms in total. The smallest absolute Gasteiger partial charge is 0.230 e. The quantitative estimate of drug-likeness (QED) is 0.594. The zero-order valence-electron chi connectivity index (χ0n) is 15.7. The normalized spacial score (nSPS) is 10.5. The first-order valence-corrected chi connectivity index (χ1v) is 10.4. The highest BCUT2D eigenvalue weighted by Crippen LogP contribution is 2.19. The van der Waals surface area contributed by atoms with Gasteiger partial charge in [0.05, 0.1) is 5.75 Å². The summed E-state index contributed by atoms with van der Waals surface area (Å²) in [6, 6.07) is 13.4. The van der Waals surface area contributed by atoms with Crippen molar-refractivity contribution in [2.24, 2.45) is 0 Å². The summed E-state index contributed by atoms with van der Waals surface area (Å²) >= 11 is 7.38. The number of carbonyl (C=O) groups is 2. The maximum Gasteiger partial charge on any atom is 0.230 e. The number of anilines is 1. The number of halogens is 1. The molecule has 0 spiro atoms. The van der Waals surface area contributed by atoms with Crippen LogP contribution in [0.2, 0.25) is 5.02 Å². The Morgan fingerprint density at radius 1 is 1.00 bits per heavy atom. The molecular formula is C21H25ClN2O2S. The molecule has 0 atom stereocenters. The van der Waals surface area contributed by atoms with E-state index in [0.717, 1.165) is 34.6 Å². The van der Waals surface area contributed by atoms with Crippen LogP contribution in [0.1, 0.15) is 29.5 Å². The fourth-order valence-electron chi connectivity index (χ4n) is 2.57. The first-order valence-electron chi connectivity index (χ1n) is 8.90. The van der Waals surface area contributed by atoms with E-state index in [2.05, 4.69) is 10.6 Å². The van der Waals surface area contributed by atoms with Gasteiger partial charge in [0.1, 0.15) is 0 Å². The molecule has 144 valence electrons. The summed E-state index contributed by atoms with van der Waals surface area (Å²) in [6.45, 7) is 4.47. The molecule has 0 fully saturated rings. The number of rotatable bonds is 9. The van der Waals surface area contributed by atoms with Gasteiger partial charge >= 0.3 is 0 Å². The number of aryl methyl sites for hydroxylation is 2. The van der Waals surface area contributed by atoms with Gasteiger partial charge in [-0.25, -0.2) is 0 Å². The van der Waals surface area contributed by atoms with Crippen LogP contribution in [0.5, 0.6) is 0 Å². The van der Waals surface area contributed by atoms with Crippen molar-refractivity contribution in [2.75, 3.05) is 16.8 Å². The summed E-state index contributed by atoms with van der Waals surface area (Å²) in [5, 5.41) is 6.55. The molecule has 6 heteroatoms. The Hall–Kier alpha value is -1.98. The summed E-state index contributed by atoms with van der Waals surface area (Å²) in [7, 11) is 0. The minimum atomic E-state index is -0.00469. The number of para-hydroxylation sites is 1. The third-order valence-corrected chi connectivity index (χ3v) is 5.37. The molecule has 2 N–H and O–H groups in total. The van der Waals surface area contributed by atoms with Crippen LogP contribution in [0, 0.1) is 13.8 Å². The summed E-state index contributed by atoms with van der Waals surface area (Å²) < 4.78 is 0. The van der Waals surface area contributed by atoms with E-state index >= 15 is 0 Å². The van der Waals surface area contributed by atoms with Gasteiger partial charge < -0.3 is 10.6 Å². The first-order chi connectivity index (χ1) is 13.0. The lowest BCUT2D eigenvalue weighted by Gasteiger charge is -2.11. The first kappa shape index (κ1) is 21.3. The molecule has 2 amide bonds. The standard InChI is InChI=1S/C21H25ClN2O2S/c1-15-5-3-6-16(2)21(15)24-19(25)7-4-12-27-14-20(26)23-13-17-8-10-18(22)11-9-17/h3,5-6,8-11H,4,7,12-14H2,1-2H3,(H,23,26)(H,24,25). The average molecular weight is 405 g/mol. The van der Waals surface area contributed by atoms with Crippen molar-refractivity contribution < 1.29 is 9.59 Å². The van der Waals surface area contributed by atoms with Crippen molar-refractivity contribution in [1.29, 1.82) is 0 Å². The minimum Gasteiger partial charge on any atom is -0.351 e. The van der Waals surface area contributed by atoms with E-state index in [0.29, 0.717) is 23.7 Å². The Morgan fingerprint density at radius 3 is 2.33 bits per heavy atom. The zero-order chi connectivity index (χ0) is 19.6. The van der Waals surface area contributed by atoms with Gasteiger partial charge in [-0.2, -0.15) is 11.8 Å². The van der Waals surface area contributed by atoms with Gasteiger partial charge in [-0.05, 0) is 54.8 Å². The molecule has 2 rings (SSSR count). The number of benzene rings is 2. The van der Waals surface area contributed by atoms with E-state index in [-0.39, 0.29) is 11.8 Å². The third kappa shape index (κ3) is 7.65. The zero-order valence-corrected chi connectivity index (χ0v) is 17.3.